The zero-order valence-electron chi connectivity index (χ0n) is 39.8. The number of esters is 3. The first-order valence-electron chi connectivity index (χ1n) is 24.4. The lowest BCUT2D eigenvalue weighted by Crippen LogP contribution is -2.30. The normalized spacial score (nSPS) is 13.4. The molecule has 6 nitrogen and oxygen atoms in total. The minimum atomic E-state index is -0.835. The maximum Gasteiger partial charge on any atom is 0.306 e. The molecule has 0 aromatic carbocycles. The number of carbonyl (C=O) groups excluding carboxylic acids is 3. The Morgan fingerprint density at radius 3 is 1.22 bits per heavy atom. The Morgan fingerprint density at radius 2 is 0.730 bits per heavy atom. The first-order valence-corrected chi connectivity index (χ1v) is 24.4. The molecule has 0 bridgehead atoms. The molecule has 0 aromatic heterocycles. The summed E-state index contributed by atoms with van der Waals surface area (Å²) in [6, 6.07) is 0. The Kier molecular flexibility index (Phi) is 46.2. The fourth-order valence-corrected chi connectivity index (χ4v) is 5.91. The quantitative estimate of drug-likeness (QED) is 0.0200. The van der Waals surface area contributed by atoms with E-state index in [4.69, 9.17) is 14.2 Å². The Bertz CT molecular complexity index is 1460. The molecule has 0 saturated heterocycles. The van der Waals surface area contributed by atoms with Gasteiger partial charge in [0.05, 0.1) is 0 Å². The minimum absolute atomic E-state index is 0.125. The molecular weight excluding hydrogens is 781 g/mol. The molecule has 0 amide bonds. The highest BCUT2D eigenvalue weighted by molar-refractivity contribution is 5.71. The molecule has 0 aliphatic heterocycles. The van der Waals surface area contributed by atoms with Crippen molar-refractivity contribution >= 4 is 17.9 Å². The minimum Gasteiger partial charge on any atom is -0.462 e. The summed E-state index contributed by atoms with van der Waals surface area (Å²) in [4.78, 5) is 37.8. The van der Waals surface area contributed by atoms with Gasteiger partial charge in [-0.3, -0.25) is 14.4 Å². The standard InChI is InChI=1S/C57H86O6/c1-4-7-10-13-16-19-21-23-25-27-28-30-31-33-35-38-41-44-47-50-56(59)62-53-54(52-61-55(58)49-46-43-40-37-18-15-12-9-6-3)63-57(60)51-48-45-42-39-36-34-32-29-26-24-22-20-17-14-11-8-5-2/h7-8,10-11,14,16-17,19-20,22-26,28-30,32-36,41,44,54H,4-6,9,12-13,15,18,21,27,31,37-40,42-43,45-53H2,1-3H3/b10-7-,11-8-,17-14-,19-16-,22-20-,25-23-,26-24-,30-28-,32-29+,35-33-,36-34-,44-41-. The lowest BCUT2D eigenvalue weighted by molar-refractivity contribution is -0.166. The first-order chi connectivity index (χ1) is 31.0. The Morgan fingerprint density at radius 1 is 0.349 bits per heavy atom. The van der Waals surface area contributed by atoms with Crippen molar-refractivity contribution in [1.29, 1.82) is 0 Å². The van der Waals surface area contributed by atoms with Crippen LogP contribution >= 0.6 is 0 Å². The zero-order valence-corrected chi connectivity index (χ0v) is 39.8. The van der Waals surface area contributed by atoms with E-state index >= 15 is 0 Å². The van der Waals surface area contributed by atoms with Gasteiger partial charge in [-0.15, -0.1) is 0 Å². The van der Waals surface area contributed by atoms with Gasteiger partial charge >= 0.3 is 17.9 Å². The van der Waals surface area contributed by atoms with Gasteiger partial charge < -0.3 is 14.2 Å². The maximum absolute atomic E-state index is 12.8. The van der Waals surface area contributed by atoms with Gasteiger partial charge in [-0.05, 0) is 77.0 Å². The fourth-order valence-electron chi connectivity index (χ4n) is 5.91. The van der Waals surface area contributed by atoms with Crippen LogP contribution in [-0.4, -0.2) is 37.2 Å². The van der Waals surface area contributed by atoms with Gasteiger partial charge in [0.1, 0.15) is 13.2 Å². The summed E-state index contributed by atoms with van der Waals surface area (Å²) >= 11 is 0. The van der Waals surface area contributed by atoms with Crippen LogP contribution in [0.2, 0.25) is 0 Å². The van der Waals surface area contributed by atoms with Crippen molar-refractivity contribution in [2.24, 2.45) is 0 Å². The third-order valence-electron chi connectivity index (χ3n) is 9.51. The predicted octanol–water partition coefficient (Wildman–Crippen LogP) is 16.1. The molecule has 0 N–H and O–H groups in total. The number of rotatable bonds is 41. The van der Waals surface area contributed by atoms with E-state index in [0.717, 1.165) is 83.5 Å². The first kappa shape index (κ1) is 58.3. The summed E-state index contributed by atoms with van der Waals surface area (Å²) < 4.78 is 16.6. The smallest absolute Gasteiger partial charge is 0.306 e. The lowest BCUT2D eigenvalue weighted by Gasteiger charge is -2.18. The largest absolute Gasteiger partial charge is 0.462 e. The molecule has 1 unspecified atom stereocenters. The highest BCUT2D eigenvalue weighted by atomic mass is 16.6. The van der Waals surface area contributed by atoms with Crippen molar-refractivity contribution in [3.63, 3.8) is 0 Å². The molecule has 1 atom stereocenters. The molecule has 0 aromatic rings. The molecule has 0 aliphatic rings. The molecule has 0 saturated carbocycles. The summed E-state index contributed by atoms with van der Waals surface area (Å²) in [6.07, 6.45) is 71.3. The van der Waals surface area contributed by atoms with Crippen molar-refractivity contribution in [2.45, 2.75) is 181 Å². The molecule has 6 heteroatoms. The molecular formula is C57H86O6. The van der Waals surface area contributed by atoms with E-state index in [-0.39, 0.29) is 44.0 Å². The summed E-state index contributed by atoms with van der Waals surface area (Å²) in [5.74, 6) is -1.07. The van der Waals surface area contributed by atoms with E-state index < -0.39 is 6.10 Å². The highest BCUT2D eigenvalue weighted by Gasteiger charge is 2.19. The molecule has 0 rings (SSSR count). The van der Waals surface area contributed by atoms with Gasteiger partial charge in [-0.25, -0.2) is 0 Å². The van der Waals surface area contributed by atoms with Gasteiger partial charge in [-0.2, -0.15) is 0 Å². The van der Waals surface area contributed by atoms with Crippen LogP contribution in [0.1, 0.15) is 175 Å². The number of hydrogen-bond donors (Lipinski definition) is 0. The average Bonchev–Trinajstić information content (AvgIpc) is 3.28. The molecule has 0 heterocycles. The van der Waals surface area contributed by atoms with Crippen molar-refractivity contribution in [3.05, 3.63) is 146 Å². The average molecular weight is 867 g/mol. The van der Waals surface area contributed by atoms with Gasteiger partial charge in [0.15, 0.2) is 6.10 Å². The predicted molar refractivity (Wildman–Crippen MR) is 269 cm³/mol. The van der Waals surface area contributed by atoms with Crippen LogP contribution in [0.3, 0.4) is 0 Å². The van der Waals surface area contributed by atoms with E-state index in [9.17, 15) is 14.4 Å². The van der Waals surface area contributed by atoms with Crippen LogP contribution in [0.5, 0.6) is 0 Å². The third kappa shape index (κ3) is 48.2. The lowest BCUT2D eigenvalue weighted by atomic mass is 10.1. The third-order valence-corrected chi connectivity index (χ3v) is 9.51. The summed E-state index contributed by atoms with van der Waals surface area (Å²) in [5, 5.41) is 0. The van der Waals surface area contributed by atoms with Crippen molar-refractivity contribution in [1.82, 2.24) is 0 Å². The van der Waals surface area contributed by atoms with Crippen molar-refractivity contribution in [3.8, 4) is 0 Å². The highest BCUT2D eigenvalue weighted by Crippen LogP contribution is 2.12. The van der Waals surface area contributed by atoms with Gasteiger partial charge in [0, 0.05) is 19.3 Å². The van der Waals surface area contributed by atoms with Crippen molar-refractivity contribution in [2.75, 3.05) is 13.2 Å². The Balaban J connectivity index is 4.59. The van der Waals surface area contributed by atoms with Crippen LogP contribution < -0.4 is 0 Å². The van der Waals surface area contributed by atoms with Crippen molar-refractivity contribution < 1.29 is 28.6 Å². The molecule has 0 aliphatic carbocycles. The number of allylic oxidation sites excluding steroid dienone is 24. The molecule has 0 spiro atoms. The molecule has 63 heavy (non-hydrogen) atoms. The second kappa shape index (κ2) is 49.9. The summed E-state index contributed by atoms with van der Waals surface area (Å²) in [7, 11) is 0. The molecule has 0 fully saturated rings. The molecule has 350 valence electrons. The topological polar surface area (TPSA) is 78.9 Å². The Hall–Kier alpha value is -4.71. The van der Waals surface area contributed by atoms with Gasteiger partial charge in [0.25, 0.3) is 0 Å². The van der Waals surface area contributed by atoms with E-state index in [0.29, 0.717) is 19.3 Å². The van der Waals surface area contributed by atoms with Crippen LogP contribution in [0, 0.1) is 0 Å². The number of unbranched alkanes of at least 4 members (excludes halogenated alkanes) is 11. The van der Waals surface area contributed by atoms with Gasteiger partial charge in [-0.1, -0.05) is 224 Å². The SMILES string of the molecule is CC\C=C/C=C\C=C/C=C\C=C\C=C/CCCCCC(=O)OC(COC(=O)CC/C=C\C/C=C\C/C=C\C/C=C\C/C=C\C/C=C\CC)COC(=O)CCCCCCCCCCC. The van der Waals surface area contributed by atoms with Gasteiger partial charge in [0.2, 0.25) is 0 Å². The number of ether oxygens (including phenoxy) is 3. The second-order valence-electron chi connectivity index (χ2n) is 15.4. The van der Waals surface area contributed by atoms with E-state index in [1.807, 2.05) is 72.9 Å². The van der Waals surface area contributed by atoms with Crippen LogP contribution in [0.25, 0.3) is 0 Å². The Labute approximate surface area is 385 Å². The van der Waals surface area contributed by atoms with E-state index in [1.54, 1.807) is 0 Å². The summed E-state index contributed by atoms with van der Waals surface area (Å²) in [6.45, 7) is 6.22. The second-order valence-corrected chi connectivity index (χ2v) is 15.4. The summed E-state index contributed by atoms with van der Waals surface area (Å²) in [5.41, 5.74) is 0. The maximum atomic E-state index is 12.8. The fraction of sp³-hybridized carbons (Fsp3) is 0.526. The number of carbonyl (C=O) groups is 3. The van der Waals surface area contributed by atoms with Crippen LogP contribution in [0.4, 0.5) is 0 Å². The zero-order chi connectivity index (χ0) is 45.8. The van der Waals surface area contributed by atoms with Crippen LogP contribution in [-0.2, 0) is 28.6 Å². The molecule has 0 radical (unpaired) electrons. The van der Waals surface area contributed by atoms with E-state index in [1.165, 1.54) is 38.5 Å². The van der Waals surface area contributed by atoms with E-state index in [2.05, 4.69) is 93.7 Å². The number of hydrogen-bond acceptors (Lipinski definition) is 6. The monoisotopic (exact) mass is 867 g/mol. The van der Waals surface area contributed by atoms with Crippen LogP contribution in [0.15, 0.2) is 146 Å².